The lowest BCUT2D eigenvalue weighted by atomic mass is 9.84. The van der Waals surface area contributed by atoms with E-state index in [9.17, 15) is 18.0 Å². The Balaban J connectivity index is 0. The van der Waals surface area contributed by atoms with Gasteiger partial charge >= 0.3 is 6.18 Å². The summed E-state index contributed by atoms with van der Waals surface area (Å²) in [5, 5.41) is 0. The van der Waals surface area contributed by atoms with Crippen molar-refractivity contribution in [1.82, 2.24) is 9.80 Å². The summed E-state index contributed by atoms with van der Waals surface area (Å²) in [7, 11) is 2.07. The summed E-state index contributed by atoms with van der Waals surface area (Å²) in [6.45, 7) is 21.3. The minimum Gasteiger partial charge on any atom is -0.298 e. The van der Waals surface area contributed by atoms with E-state index in [4.69, 9.17) is 0 Å². The Morgan fingerprint density at radius 1 is 1.05 bits per heavy atom. The van der Waals surface area contributed by atoms with Crippen LogP contribution in [0.5, 0.6) is 0 Å². The smallest absolute Gasteiger partial charge is 0.298 e. The minimum atomic E-state index is -4.12. The number of likely N-dealkylation sites (N-methyl/N-ethyl adjacent to an activating group) is 1. The average molecular weight is 572 g/mol. The lowest BCUT2D eigenvalue weighted by molar-refractivity contribution is -0.195. The van der Waals surface area contributed by atoms with Crippen molar-refractivity contribution in [3.05, 3.63) is 35.6 Å². The normalized spacial score (nSPS) is 20.6. The number of nitrogens with zero attached hydrogens (tertiary/aromatic N) is 3. The van der Waals surface area contributed by atoms with E-state index in [1.807, 2.05) is 53.7 Å². The van der Waals surface area contributed by atoms with Gasteiger partial charge < -0.3 is 0 Å². The van der Waals surface area contributed by atoms with Crippen molar-refractivity contribution in [3.8, 4) is 0 Å². The first kappa shape index (κ1) is 40.4. The molecule has 1 fully saturated rings. The molecule has 4 nitrogen and oxygen atoms in total. The molecule has 2 aliphatic heterocycles. The predicted octanol–water partition coefficient (Wildman–Crippen LogP) is 9.43. The molecule has 0 saturated carbocycles. The van der Waals surface area contributed by atoms with Crippen molar-refractivity contribution >= 4 is 12.0 Å². The van der Waals surface area contributed by atoms with Crippen LogP contribution >= 0.6 is 0 Å². The van der Waals surface area contributed by atoms with Gasteiger partial charge in [0.05, 0.1) is 5.70 Å². The van der Waals surface area contributed by atoms with Crippen molar-refractivity contribution in [2.24, 2.45) is 10.9 Å². The van der Waals surface area contributed by atoms with Crippen molar-refractivity contribution in [3.63, 3.8) is 0 Å². The van der Waals surface area contributed by atoms with E-state index in [0.29, 0.717) is 19.0 Å². The molecular weight excluding hydrogens is 511 g/mol. The van der Waals surface area contributed by atoms with Crippen LogP contribution < -0.4 is 0 Å². The van der Waals surface area contributed by atoms with Crippen LogP contribution in [0.1, 0.15) is 114 Å². The highest BCUT2D eigenvalue weighted by Gasteiger charge is 2.47. The number of rotatable bonds is 7. The highest BCUT2D eigenvalue weighted by Crippen LogP contribution is 2.35. The largest absolute Gasteiger partial charge is 0.404 e. The van der Waals surface area contributed by atoms with Crippen LogP contribution in [0.4, 0.5) is 13.2 Å². The molecule has 234 valence electrons. The monoisotopic (exact) mass is 571 g/mol. The van der Waals surface area contributed by atoms with Gasteiger partial charge in [0.2, 0.25) is 0 Å². The van der Waals surface area contributed by atoms with Gasteiger partial charge in [0.25, 0.3) is 0 Å². The van der Waals surface area contributed by atoms with E-state index in [1.165, 1.54) is 0 Å². The quantitative estimate of drug-likeness (QED) is 0.305. The van der Waals surface area contributed by atoms with Gasteiger partial charge in [-0.05, 0) is 52.2 Å². The zero-order chi connectivity index (χ0) is 31.4. The maximum atomic E-state index is 13.2. The van der Waals surface area contributed by atoms with E-state index >= 15 is 0 Å². The fourth-order valence-electron chi connectivity index (χ4n) is 5.51. The highest BCUT2D eigenvalue weighted by molar-refractivity contribution is 5.97. The number of ketones is 1. The number of hydrogen-bond acceptors (Lipinski definition) is 4. The van der Waals surface area contributed by atoms with Crippen LogP contribution in [0.25, 0.3) is 0 Å². The van der Waals surface area contributed by atoms with Crippen molar-refractivity contribution in [1.29, 1.82) is 0 Å². The molecule has 0 aromatic heterocycles. The Morgan fingerprint density at radius 3 is 2.10 bits per heavy atom. The molecule has 0 amide bonds. The van der Waals surface area contributed by atoms with Gasteiger partial charge in [-0.25, -0.2) is 0 Å². The molecule has 3 aliphatic rings. The summed E-state index contributed by atoms with van der Waals surface area (Å²) in [6.07, 6.45) is 11.9. The van der Waals surface area contributed by atoms with Crippen LogP contribution in [-0.2, 0) is 4.79 Å². The lowest BCUT2D eigenvalue weighted by Gasteiger charge is -2.52. The second-order valence-electron chi connectivity index (χ2n) is 9.69. The van der Waals surface area contributed by atoms with Crippen LogP contribution in [0, 0.1) is 5.92 Å². The maximum Gasteiger partial charge on any atom is 0.404 e. The first-order valence-corrected chi connectivity index (χ1v) is 15.7. The SMILES string of the molecule is CC.CC.CC.CC(=O)C1=C2N=CC=CC2CCC=C1.CCCC1(CCC)CN(C(CC)C(F)(F)F)CCN1C. The summed E-state index contributed by atoms with van der Waals surface area (Å²) >= 11 is 0. The molecule has 0 N–H and O–H groups in total. The van der Waals surface area contributed by atoms with Crippen LogP contribution in [0.15, 0.2) is 40.6 Å². The van der Waals surface area contributed by atoms with Crippen molar-refractivity contribution in [2.75, 3.05) is 26.7 Å². The van der Waals surface area contributed by atoms with Gasteiger partial charge in [-0.3, -0.25) is 19.6 Å². The molecule has 7 heteroatoms. The third-order valence-corrected chi connectivity index (χ3v) is 7.24. The Morgan fingerprint density at radius 2 is 1.62 bits per heavy atom. The third kappa shape index (κ3) is 12.4. The number of hydrogen-bond donors (Lipinski definition) is 0. The predicted molar refractivity (Wildman–Crippen MR) is 168 cm³/mol. The number of alkyl halides is 3. The molecule has 3 rings (SSSR count). The van der Waals surface area contributed by atoms with Crippen LogP contribution in [0.2, 0.25) is 0 Å². The highest BCUT2D eigenvalue weighted by atomic mass is 19.4. The van der Waals surface area contributed by atoms with Gasteiger partial charge in [0.15, 0.2) is 5.78 Å². The Kier molecular flexibility index (Phi) is 22.2. The van der Waals surface area contributed by atoms with E-state index in [2.05, 4.69) is 42.9 Å². The summed E-state index contributed by atoms with van der Waals surface area (Å²) in [5.74, 6) is 0.435. The first-order chi connectivity index (χ1) is 19.1. The number of aliphatic imine (C=N–C) groups is 1. The van der Waals surface area contributed by atoms with Gasteiger partial charge in [-0.15, -0.1) is 0 Å². The molecule has 2 heterocycles. The standard InChI is InChI=1S/C15H29F3N2.C12H13NO.3C2H6/c1-5-8-14(9-6-2)12-20(11-10-19(14)4)13(7-3)15(16,17)18;1-9(14)11-7-3-2-5-10-6-4-8-13-12(10)11;3*1-2/h13H,5-12H2,1-4H3;3-4,6-8,10H,2,5H2,1H3;3*1-2H3. The molecule has 0 aromatic rings. The fourth-order valence-corrected chi connectivity index (χ4v) is 5.51. The Bertz CT molecular complexity index is 793. The van der Waals surface area contributed by atoms with Gasteiger partial charge in [-0.1, -0.05) is 93.4 Å². The number of carbonyl (C=O) groups is 1. The van der Waals surface area contributed by atoms with E-state index in [1.54, 1.807) is 25.0 Å². The number of carbonyl (C=O) groups excluding carboxylic acids is 1. The molecule has 40 heavy (non-hydrogen) atoms. The zero-order valence-corrected chi connectivity index (χ0v) is 27.5. The molecule has 2 atom stereocenters. The molecule has 0 aromatic carbocycles. The van der Waals surface area contributed by atoms with Gasteiger partial charge in [0, 0.05) is 42.9 Å². The van der Waals surface area contributed by atoms with Crippen molar-refractivity contribution in [2.45, 2.75) is 132 Å². The number of allylic oxidation sites excluding steroid dienone is 5. The summed E-state index contributed by atoms with van der Waals surface area (Å²) in [6, 6.07) is -1.29. The summed E-state index contributed by atoms with van der Waals surface area (Å²) in [5.41, 5.74) is 1.63. The lowest BCUT2D eigenvalue weighted by Crippen LogP contribution is -2.64. The van der Waals surface area contributed by atoms with Crippen LogP contribution in [-0.4, -0.2) is 66.2 Å². The molecular formula is C33H60F3N3O. The average Bonchev–Trinajstić information content (AvgIpc) is 3.17. The second kappa shape index (κ2) is 21.9. The fraction of sp³-hybridized carbons (Fsp3) is 0.758. The van der Waals surface area contributed by atoms with E-state index < -0.39 is 12.2 Å². The molecule has 0 bridgehead atoms. The Hall–Kier alpha value is -1.73. The topological polar surface area (TPSA) is 35.9 Å². The Labute approximate surface area is 244 Å². The molecule has 1 aliphatic carbocycles. The number of Topliss-reactive ketones (excluding diaryl/α,β-unsaturated/α-hetero) is 1. The molecule has 1 saturated heterocycles. The second-order valence-corrected chi connectivity index (χ2v) is 9.69. The van der Waals surface area contributed by atoms with Crippen molar-refractivity contribution < 1.29 is 18.0 Å². The van der Waals surface area contributed by atoms with E-state index in [0.717, 1.165) is 56.3 Å². The molecule has 0 radical (unpaired) electrons. The minimum absolute atomic E-state index is 0.0829. The number of dihydropyridines is 1. The van der Waals surface area contributed by atoms with Gasteiger partial charge in [0.1, 0.15) is 6.04 Å². The third-order valence-electron chi connectivity index (χ3n) is 7.24. The maximum absolute atomic E-state index is 13.2. The molecule has 2 unspecified atom stereocenters. The zero-order valence-electron chi connectivity index (χ0n) is 27.5. The molecule has 0 spiro atoms. The number of fused-ring (bicyclic) bond motifs is 1. The first-order valence-electron chi connectivity index (χ1n) is 15.7. The number of piperazine rings is 1. The van der Waals surface area contributed by atoms with Gasteiger partial charge in [-0.2, -0.15) is 13.2 Å². The number of halogens is 3. The van der Waals surface area contributed by atoms with E-state index in [-0.39, 0.29) is 17.7 Å². The summed E-state index contributed by atoms with van der Waals surface area (Å²) < 4.78 is 39.5. The summed E-state index contributed by atoms with van der Waals surface area (Å²) in [4.78, 5) is 19.7. The van der Waals surface area contributed by atoms with Crippen LogP contribution in [0.3, 0.4) is 0 Å².